The van der Waals surface area contributed by atoms with Crippen LogP contribution in [0.3, 0.4) is 0 Å². The van der Waals surface area contributed by atoms with Crippen LogP contribution in [-0.2, 0) is 9.59 Å². The van der Waals surface area contributed by atoms with Gasteiger partial charge in [0.25, 0.3) is 11.1 Å². The average molecular weight is 431 g/mol. The van der Waals surface area contributed by atoms with Crippen LogP contribution in [0, 0.1) is 12.3 Å². The van der Waals surface area contributed by atoms with Gasteiger partial charge in [-0.3, -0.25) is 19.3 Å². The van der Waals surface area contributed by atoms with Crippen molar-refractivity contribution in [3.05, 3.63) is 28.7 Å². The van der Waals surface area contributed by atoms with E-state index in [2.05, 4.69) is 5.92 Å². The zero-order valence-electron chi connectivity index (χ0n) is 17.5. The van der Waals surface area contributed by atoms with Gasteiger partial charge in [0.2, 0.25) is 5.91 Å². The molecular formula is C22H26N2O5S. The highest BCUT2D eigenvalue weighted by Gasteiger charge is 2.37. The molecule has 0 radical (unpaired) electrons. The molecule has 0 spiro atoms. The molecule has 160 valence electrons. The van der Waals surface area contributed by atoms with Crippen LogP contribution >= 0.6 is 11.8 Å². The van der Waals surface area contributed by atoms with Crippen LogP contribution in [0.4, 0.5) is 4.79 Å². The topological polar surface area (TPSA) is 76.2 Å². The Kier molecular flexibility index (Phi) is 8.81. The lowest BCUT2D eigenvalue weighted by Crippen LogP contribution is -2.42. The quantitative estimate of drug-likeness (QED) is 0.418. The van der Waals surface area contributed by atoms with Crippen LogP contribution in [0.15, 0.2) is 23.1 Å². The number of hydrogen-bond donors (Lipinski definition) is 0. The molecule has 3 amide bonds. The van der Waals surface area contributed by atoms with Crippen LogP contribution in [0.25, 0.3) is 6.08 Å². The van der Waals surface area contributed by atoms with Crippen molar-refractivity contribution in [2.45, 2.75) is 26.7 Å². The Morgan fingerprint density at radius 3 is 2.53 bits per heavy atom. The molecule has 0 atom stereocenters. The van der Waals surface area contributed by atoms with E-state index in [1.54, 1.807) is 29.2 Å². The summed E-state index contributed by atoms with van der Waals surface area (Å²) >= 11 is 0.818. The molecule has 0 saturated carbocycles. The van der Waals surface area contributed by atoms with Gasteiger partial charge in [0, 0.05) is 13.1 Å². The monoisotopic (exact) mass is 430 g/mol. The number of ether oxygens (including phenoxy) is 2. The van der Waals surface area contributed by atoms with E-state index in [1.807, 2.05) is 13.8 Å². The summed E-state index contributed by atoms with van der Waals surface area (Å²) in [5.74, 6) is 2.63. The maximum atomic E-state index is 12.7. The number of benzene rings is 1. The third kappa shape index (κ3) is 5.80. The Hall–Kier alpha value is -2.92. The van der Waals surface area contributed by atoms with Crippen molar-refractivity contribution in [2.75, 3.05) is 33.4 Å². The fraction of sp³-hybridized carbons (Fsp3) is 0.409. The molecule has 1 fully saturated rings. The molecule has 1 saturated heterocycles. The fourth-order valence-corrected chi connectivity index (χ4v) is 3.77. The molecule has 1 aromatic rings. The lowest BCUT2D eigenvalue weighted by Gasteiger charge is -2.23. The Morgan fingerprint density at radius 2 is 1.93 bits per heavy atom. The lowest BCUT2D eigenvalue weighted by molar-refractivity contribution is -0.135. The van der Waals surface area contributed by atoms with Gasteiger partial charge in [0.1, 0.15) is 13.2 Å². The first-order valence-corrected chi connectivity index (χ1v) is 10.5. The first kappa shape index (κ1) is 23.4. The minimum atomic E-state index is -0.474. The summed E-state index contributed by atoms with van der Waals surface area (Å²) < 4.78 is 10.7. The largest absolute Gasteiger partial charge is 0.493 e. The van der Waals surface area contributed by atoms with Crippen molar-refractivity contribution in [1.82, 2.24) is 9.80 Å². The van der Waals surface area contributed by atoms with E-state index in [4.69, 9.17) is 15.9 Å². The Bertz CT molecular complexity index is 869. The average Bonchev–Trinajstić information content (AvgIpc) is 2.99. The van der Waals surface area contributed by atoms with Crippen molar-refractivity contribution in [3.8, 4) is 23.8 Å². The maximum Gasteiger partial charge on any atom is 0.294 e. The molecule has 0 aliphatic carbocycles. The second kappa shape index (κ2) is 11.3. The molecule has 0 aromatic heterocycles. The minimum Gasteiger partial charge on any atom is -0.493 e. The molecule has 0 N–H and O–H groups in total. The summed E-state index contributed by atoms with van der Waals surface area (Å²) in [5, 5.41) is -0.450. The number of hydrogen-bond acceptors (Lipinski definition) is 6. The third-order valence-corrected chi connectivity index (χ3v) is 5.21. The van der Waals surface area contributed by atoms with Gasteiger partial charge in [-0.2, -0.15) is 0 Å². The number of nitrogens with zero attached hydrogens (tertiary/aromatic N) is 2. The Labute approximate surface area is 181 Å². The van der Waals surface area contributed by atoms with Crippen LogP contribution in [0.2, 0.25) is 0 Å². The van der Waals surface area contributed by atoms with Crippen LogP contribution in [0.1, 0.15) is 32.3 Å². The molecule has 0 bridgehead atoms. The minimum absolute atomic E-state index is 0.107. The summed E-state index contributed by atoms with van der Waals surface area (Å²) in [4.78, 5) is 40.6. The van der Waals surface area contributed by atoms with E-state index in [1.165, 1.54) is 7.11 Å². The first-order chi connectivity index (χ1) is 14.4. The molecule has 1 aliphatic rings. The predicted molar refractivity (Wildman–Crippen MR) is 117 cm³/mol. The van der Waals surface area contributed by atoms with Crippen molar-refractivity contribution in [1.29, 1.82) is 0 Å². The van der Waals surface area contributed by atoms with Gasteiger partial charge < -0.3 is 14.4 Å². The second-order valence-corrected chi connectivity index (χ2v) is 7.54. The van der Waals surface area contributed by atoms with Crippen molar-refractivity contribution in [2.24, 2.45) is 0 Å². The molecule has 1 heterocycles. The number of rotatable bonds is 10. The summed E-state index contributed by atoms with van der Waals surface area (Å²) in [5.41, 5.74) is 0.662. The standard InChI is InChI=1S/C22H26N2O5S/c1-5-10-23(11-6-2)20(25)15-24-21(26)19(30-22(24)27)14-16-8-9-17(29-12-7-3)18(13-16)28-4/h3,8-9,13-14H,5-6,10-12,15H2,1-2,4H3/b19-14-. The van der Waals surface area contributed by atoms with Crippen LogP contribution in [-0.4, -0.2) is 60.2 Å². The van der Waals surface area contributed by atoms with E-state index in [-0.39, 0.29) is 24.0 Å². The van der Waals surface area contributed by atoms with Crippen LogP contribution < -0.4 is 9.47 Å². The van der Waals surface area contributed by atoms with E-state index >= 15 is 0 Å². The molecule has 1 aromatic carbocycles. The Morgan fingerprint density at radius 1 is 1.23 bits per heavy atom. The first-order valence-electron chi connectivity index (χ1n) is 9.72. The summed E-state index contributed by atoms with van der Waals surface area (Å²) in [7, 11) is 1.50. The SMILES string of the molecule is C#CCOc1ccc(/C=C2\SC(=O)N(CC(=O)N(CCC)CCC)C2=O)cc1OC. The molecule has 0 unspecified atom stereocenters. The highest BCUT2D eigenvalue weighted by Crippen LogP contribution is 2.34. The number of carbonyl (C=O) groups excluding carboxylic acids is 3. The Balaban J connectivity index is 2.16. The molecule has 8 heteroatoms. The van der Waals surface area contributed by atoms with Crippen LogP contribution in [0.5, 0.6) is 11.5 Å². The fourth-order valence-electron chi connectivity index (χ4n) is 2.94. The molecule has 30 heavy (non-hydrogen) atoms. The number of amides is 3. The molecular weight excluding hydrogens is 404 g/mol. The summed E-state index contributed by atoms with van der Waals surface area (Å²) in [6.07, 6.45) is 8.43. The number of carbonyl (C=O) groups is 3. The number of imide groups is 1. The number of thioether (sulfide) groups is 1. The highest BCUT2D eigenvalue weighted by atomic mass is 32.2. The van der Waals surface area contributed by atoms with Crippen molar-refractivity contribution in [3.63, 3.8) is 0 Å². The van der Waals surface area contributed by atoms with Gasteiger partial charge in [0.05, 0.1) is 12.0 Å². The second-order valence-electron chi connectivity index (χ2n) is 6.55. The molecule has 7 nitrogen and oxygen atoms in total. The summed E-state index contributed by atoms with van der Waals surface area (Å²) in [6, 6.07) is 5.11. The predicted octanol–water partition coefficient (Wildman–Crippen LogP) is 3.39. The van der Waals surface area contributed by atoms with Gasteiger partial charge in [-0.1, -0.05) is 25.8 Å². The molecule has 1 aliphatic heterocycles. The maximum absolute atomic E-state index is 12.7. The van der Waals surface area contributed by atoms with Gasteiger partial charge in [-0.05, 0) is 48.4 Å². The smallest absolute Gasteiger partial charge is 0.294 e. The van der Waals surface area contributed by atoms with E-state index in [0.29, 0.717) is 30.2 Å². The van der Waals surface area contributed by atoms with Crippen molar-refractivity contribution >= 4 is 34.9 Å². The molecule has 2 rings (SSSR count). The van der Waals surface area contributed by atoms with E-state index in [9.17, 15) is 14.4 Å². The third-order valence-electron chi connectivity index (χ3n) is 4.30. The van der Waals surface area contributed by atoms with Crippen molar-refractivity contribution < 1.29 is 23.9 Å². The zero-order valence-corrected chi connectivity index (χ0v) is 18.3. The highest BCUT2D eigenvalue weighted by molar-refractivity contribution is 8.18. The van der Waals surface area contributed by atoms with Gasteiger partial charge >= 0.3 is 0 Å². The zero-order chi connectivity index (χ0) is 22.1. The van der Waals surface area contributed by atoms with Gasteiger partial charge in [0.15, 0.2) is 11.5 Å². The van der Waals surface area contributed by atoms with E-state index < -0.39 is 11.1 Å². The summed E-state index contributed by atoms with van der Waals surface area (Å²) in [6.45, 7) is 5.03. The van der Waals surface area contributed by atoms with Gasteiger partial charge in [-0.25, -0.2) is 0 Å². The van der Waals surface area contributed by atoms with Gasteiger partial charge in [-0.15, -0.1) is 6.42 Å². The number of methoxy groups -OCH3 is 1. The normalized spacial score (nSPS) is 14.7. The van der Waals surface area contributed by atoms with E-state index in [0.717, 1.165) is 29.5 Å². The lowest BCUT2D eigenvalue weighted by atomic mass is 10.2. The number of terminal acetylenes is 1.